The first-order valence-corrected chi connectivity index (χ1v) is 3.71. The van der Waals surface area contributed by atoms with Crippen LogP contribution in [0.25, 0.3) is 11.1 Å². The fraction of sp³-hybridized carbons (Fsp3) is 0. The van der Waals surface area contributed by atoms with E-state index < -0.39 is 23.2 Å². The van der Waals surface area contributed by atoms with Crippen LogP contribution in [0.4, 0.5) is 11.4 Å². The molecule has 0 unspecified atom stereocenters. The molecule has 2 aliphatic rings. The van der Waals surface area contributed by atoms with Crippen molar-refractivity contribution in [2.45, 2.75) is 0 Å². The Morgan fingerprint density at radius 3 is 2.00 bits per heavy atom. The van der Waals surface area contributed by atoms with Gasteiger partial charge in [-0.3, -0.25) is 20.2 Å². The van der Waals surface area contributed by atoms with E-state index >= 15 is 0 Å². The molecule has 0 radical (unpaired) electrons. The summed E-state index contributed by atoms with van der Waals surface area (Å²) in [4.78, 5) is 19.1. The second-order valence-electron chi connectivity index (χ2n) is 2.55. The number of rotatable bonds is 2. The fourth-order valence-corrected chi connectivity index (χ4v) is 1.13. The molecule has 2 aliphatic carbocycles. The number of benzene rings is 1. The molecule has 8 nitrogen and oxygen atoms in total. The Morgan fingerprint density at radius 2 is 1.67 bits per heavy atom. The Hall–Kier alpha value is -2.00. The maximum atomic E-state index is 10.3. The molecule has 2 N–H and O–H groups in total. The van der Waals surface area contributed by atoms with Gasteiger partial charge in [-0.15, -0.1) is 0 Å². The molecule has 0 saturated carbocycles. The Labute approximate surface area is 83.4 Å². The molecular formula is C6H5BN2O6. The molecule has 0 amide bonds. The van der Waals surface area contributed by atoms with Gasteiger partial charge in [0.15, 0.2) is 0 Å². The maximum absolute atomic E-state index is 10.3. The van der Waals surface area contributed by atoms with Crippen molar-refractivity contribution in [3.63, 3.8) is 0 Å². The summed E-state index contributed by atoms with van der Waals surface area (Å²) in [6.45, 7) is 0. The zero-order chi connectivity index (χ0) is 11.6. The van der Waals surface area contributed by atoms with Crippen LogP contribution in [0.3, 0.4) is 0 Å². The lowest BCUT2D eigenvalue weighted by Crippen LogP contribution is -1.92. The van der Waals surface area contributed by atoms with Crippen LogP contribution in [0.2, 0.25) is 0 Å². The van der Waals surface area contributed by atoms with E-state index in [9.17, 15) is 20.2 Å². The van der Waals surface area contributed by atoms with Crippen molar-refractivity contribution >= 4 is 19.1 Å². The SMILES string of the molecule is O=[N+]([O-])c1cc2cc-2c1[N+](=O)[O-].OBO. The summed E-state index contributed by atoms with van der Waals surface area (Å²) in [7, 11) is -0.750. The maximum Gasteiger partial charge on any atom is 0.432 e. The summed E-state index contributed by atoms with van der Waals surface area (Å²) >= 11 is 0. The molecule has 2 rings (SSSR count). The lowest BCUT2D eigenvalue weighted by Gasteiger charge is -1.86. The number of hydrogen-bond donors (Lipinski definition) is 2. The highest BCUT2D eigenvalue weighted by molar-refractivity contribution is 6.13. The van der Waals surface area contributed by atoms with E-state index in [0.717, 1.165) is 0 Å². The van der Waals surface area contributed by atoms with Crippen LogP contribution >= 0.6 is 0 Å². The van der Waals surface area contributed by atoms with E-state index in [4.69, 9.17) is 10.0 Å². The van der Waals surface area contributed by atoms with Crippen molar-refractivity contribution in [1.29, 1.82) is 0 Å². The van der Waals surface area contributed by atoms with Crippen molar-refractivity contribution < 1.29 is 19.9 Å². The van der Waals surface area contributed by atoms with E-state index in [1.54, 1.807) is 6.07 Å². The standard InChI is InChI=1S/C6H2N2O4.BH3O2/c9-7(10)5-2-3-1-4(3)6(5)8(11)12;2-1-3/h1-2H;1-3H. The molecule has 0 bridgehead atoms. The molecule has 0 fully saturated rings. The summed E-state index contributed by atoms with van der Waals surface area (Å²) in [6.07, 6.45) is 0. The van der Waals surface area contributed by atoms with Gasteiger partial charge in [-0.2, -0.15) is 0 Å². The number of nitro groups is 2. The fourth-order valence-electron chi connectivity index (χ4n) is 1.13. The van der Waals surface area contributed by atoms with Crippen molar-refractivity contribution in [2.75, 3.05) is 0 Å². The highest BCUT2D eigenvalue weighted by atomic mass is 16.6. The van der Waals surface area contributed by atoms with E-state index in [2.05, 4.69) is 0 Å². The van der Waals surface area contributed by atoms with E-state index in [1.807, 2.05) is 0 Å². The molecule has 0 atom stereocenters. The summed E-state index contributed by atoms with van der Waals surface area (Å²) in [5.74, 6) is 0. The molecule has 0 aromatic carbocycles. The minimum atomic E-state index is -0.750. The lowest BCUT2D eigenvalue weighted by molar-refractivity contribution is -0.421. The predicted molar refractivity (Wildman–Crippen MR) is 50.3 cm³/mol. The Balaban J connectivity index is 0.000000337. The first kappa shape index (κ1) is 11.1. The van der Waals surface area contributed by atoms with Gasteiger partial charge in [0.1, 0.15) is 0 Å². The van der Waals surface area contributed by atoms with Crippen molar-refractivity contribution in [2.24, 2.45) is 0 Å². The number of nitrogens with zero attached hydrogens (tertiary/aromatic N) is 2. The smallest absolute Gasteiger partial charge is 0.430 e. The van der Waals surface area contributed by atoms with Gasteiger partial charge in [0.25, 0.3) is 0 Å². The van der Waals surface area contributed by atoms with Gasteiger partial charge >= 0.3 is 19.1 Å². The number of nitro benzene ring substituents is 2. The van der Waals surface area contributed by atoms with Crippen LogP contribution in [0.5, 0.6) is 0 Å². The third-order valence-corrected chi connectivity index (χ3v) is 1.70. The monoisotopic (exact) mass is 212 g/mol. The van der Waals surface area contributed by atoms with Crippen molar-refractivity contribution in [3.05, 3.63) is 32.4 Å². The second kappa shape index (κ2) is 4.03. The normalized spacial score (nSPS) is 9.73. The molecule has 78 valence electrons. The largest absolute Gasteiger partial charge is 0.432 e. The molecule has 0 heterocycles. The average molecular weight is 212 g/mol. The highest BCUT2D eigenvalue weighted by Gasteiger charge is 2.38. The van der Waals surface area contributed by atoms with Gasteiger partial charge in [0.05, 0.1) is 15.4 Å². The first-order chi connectivity index (χ1) is 7.02. The van der Waals surface area contributed by atoms with Gasteiger partial charge < -0.3 is 10.0 Å². The zero-order valence-corrected chi connectivity index (χ0v) is 7.28. The quantitative estimate of drug-likeness (QED) is 0.400. The third kappa shape index (κ3) is 2.09. The molecule has 15 heavy (non-hydrogen) atoms. The molecule has 0 saturated heterocycles. The Kier molecular flexibility index (Phi) is 2.97. The summed E-state index contributed by atoms with van der Waals surface area (Å²) in [5, 5.41) is 34.8. The lowest BCUT2D eigenvalue weighted by atomic mass is 10.4. The van der Waals surface area contributed by atoms with Gasteiger partial charge in [0.2, 0.25) is 0 Å². The summed E-state index contributed by atoms with van der Waals surface area (Å²) in [6, 6.07) is 2.76. The molecule has 0 aliphatic heterocycles. The molecule has 9 heteroatoms. The minimum Gasteiger partial charge on any atom is -0.430 e. The first-order valence-electron chi connectivity index (χ1n) is 3.71. The van der Waals surface area contributed by atoms with Crippen LogP contribution < -0.4 is 0 Å². The van der Waals surface area contributed by atoms with Crippen molar-refractivity contribution in [3.8, 4) is 11.1 Å². The Bertz CT molecular complexity index is 434. The molecular weight excluding hydrogens is 207 g/mol. The second-order valence-corrected chi connectivity index (χ2v) is 2.55. The Morgan fingerprint density at radius 1 is 1.13 bits per heavy atom. The van der Waals surface area contributed by atoms with Crippen LogP contribution in [0, 0.1) is 20.2 Å². The molecule has 0 aromatic rings. The van der Waals surface area contributed by atoms with Gasteiger partial charge in [0, 0.05) is 6.07 Å². The number of hydrogen-bond acceptors (Lipinski definition) is 6. The van der Waals surface area contributed by atoms with Crippen LogP contribution in [-0.2, 0) is 0 Å². The van der Waals surface area contributed by atoms with Crippen LogP contribution in [-0.4, -0.2) is 27.6 Å². The highest BCUT2D eigenvalue weighted by Crippen LogP contribution is 2.50. The zero-order valence-electron chi connectivity index (χ0n) is 7.28. The predicted octanol–water partition coefficient (Wildman–Crippen LogP) is -0.279. The van der Waals surface area contributed by atoms with E-state index in [-0.39, 0.29) is 5.69 Å². The van der Waals surface area contributed by atoms with Crippen LogP contribution in [0.1, 0.15) is 0 Å². The van der Waals surface area contributed by atoms with E-state index in [0.29, 0.717) is 11.1 Å². The van der Waals surface area contributed by atoms with Crippen LogP contribution in [0.15, 0.2) is 12.1 Å². The molecule has 0 spiro atoms. The van der Waals surface area contributed by atoms with Gasteiger partial charge in [-0.05, 0) is 11.6 Å². The number of fused-ring (bicyclic) bond motifs is 1. The topological polar surface area (TPSA) is 127 Å². The minimum absolute atomic E-state index is 0.380. The summed E-state index contributed by atoms with van der Waals surface area (Å²) in [5.41, 5.74) is 0.211. The molecule has 0 aromatic heterocycles. The third-order valence-electron chi connectivity index (χ3n) is 1.70. The van der Waals surface area contributed by atoms with Gasteiger partial charge in [-0.1, -0.05) is 0 Å². The average Bonchev–Trinajstić information content (AvgIpc) is 2.77. The van der Waals surface area contributed by atoms with E-state index in [1.165, 1.54) is 6.07 Å². The van der Waals surface area contributed by atoms with Crippen molar-refractivity contribution in [1.82, 2.24) is 0 Å². The summed E-state index contributed by atoms with van der Waals surface area (Å²) < 4.78 is 0. The van der Waals surface area contributed by atoms with Gasteiger partial charge in [-0.25, -0.2) is 0 Å².